The zero-order valence-electron chi connectivity index (χ0n) is 11.4. The van der Waals surface area contributed by atoms with Gasteiger partial charge in [0.1, 0.15) is 0 Å². The second-order valence-electron chi connectivity index (χ2n) is 4.94. The minimum absolute atomic E-state index is 0.239. The monoisotopic (exact) mass is 273 g/mol. The van der Waals surface area contributed by atoms with Gasteiger partial charge in [-0.05, 0) is 49.4 Å². The molecule has 1 aliphatic carbocycles. The highest BCUT2D eigenvalue weighted by Crippen LogP contribution is 2.28. The minimum atomic E-state index is -0.239. The topological polar surface area (TPSA) is 74.2 Å². The Hall–Kier alpha value is -2.06. The summed E-state index contributed by atoms with van der Waals surface area (Å²) in [5, 5.41) is 14.2. The predicted octanol–water partition coefficient (Wildman–Crippen LogP) is 2.50. The number of nitrogens with zero attached hydrogens (tertiary/aromatic N) is 1. The molecule has 1 aliphatic rings. The van der Waals surface area contributed by atoms with E-state index in [1.165, 1.54) is 12.8 Å². The third-order valence-electron chi connectivity index (χ3n) is 3.07. The van der Waals surface area contributed by atoms with Gasteiger partial charge in [-0.1, -0.05) is 0 Å². The molecule has 2 amide bonds. The molecule has 5 heteroatoms. The van der Waals surface area contributed by atoms with Gasteiger partial charge in [0.05, 0.1) is 11.6 Å². The Morgan fingerprint density at radius 3 is 2.75 bits per heavy atom. The molecule has 0 spiro atoms. The minimum Gasteiger partial charge on any atom is -0.381 e. The van der Waals surface area contributed by atoms with Crippen molar-refractivity contribution < 1.29 is 9.53 Å². The van der Waals surface area contributed by atoms with E-state index in [1.54, 1.807) is 24.3 Å². The van der Waals surface area contributed by atoms with E-state index < -0.39 is 0 Å². The number of benzene rings is 1. The molecule has 5 nitrogen and oxygen atoms in total. The number of nitrogens with one attached hydrogen (secondary N) is 2. The first-order chi connectivity index (χ1) is 9.78. The zero-order valence-corrected chi connectivity index (χ0v) is 11.4. The van der Waals surface area contributed by atoms with Crippen LogP contribution in [0.15, 0.2) is 24.3 Å². The number of urea groups is 1. The Morgan fingerprint density at radius 1 is 1.35 bits per heavy atom. The van der Waals surface area contributed by atoms with E-state index in [1.807, 2.05) is 6.07 Å². The highest BCUT2D eigenvalue weighted by molar-refractivity contribution is 5.89. The van der Waals surface area contributed by atoms with Crippen molar-refractivity contribution >= 4 is 11.7 Å². The van der Waals surface area contributed by atoms with Crippen LogP contribution >= 0.6 is 0 Å². The molecule has 1 saturated carbocycles. The highest BCUT2D eigenvalue weighted by Gasteiger charge is 2.20. The van der Waals surface area contributed by atoms with E-state index in [0.717, 1.165) is 18.9 Å². The van der Waals surface area contributed by atoms with Crippen molar-refractivity contribution in [2.75, 3.05) is 25.1 Å². The second-order valence-corrected chi connectivity index (χ2v) is 4.94. The number of anilines is 1. The zero-order chi connectivity index (χ0) is 14.2. The first kappa shape index (κ1) is 14.4. The van der Waals surface area contributed by atoms with E-state index in [0.29, 0.717) is 24.4 Å². The van der Waals surface area contributed by atoms with Crippen molar-refractivity contribution in [1.82, 2.24) is 5.32 Å². The van der Waals surface area contributed by atoms with Crippen LogP contribution in [-0.4, -0.2) is 25.8 Å². The summed E-state index contributed by atoms with van der Waals surface area (Å²) in [7, 11) is 0. The normalized spacial score (nSPS) is 13.6. The average Bonchev–Trinajstić information content (AvgIpc) is 3.27. The summed E-state index contributed by atoms with van der Waals surface area (Å²) in [4.78, 5) is 11.6. The lowest BCUT2D eigenvalue weighted by atomic mass is 10.2. The van der Waals surface area contributed by atoms with Crippen molar-refractivity contribution in [3.8, 4) is 6.07 Å². The molecule has 2 N–H and O–H groups in total. The lowest BCUT2D eigenvalue weighted by molar-refractivity contribution is 0.122. The number of ether oxygens (including phenoxy) is 1. The van der Waals surface area contributed by atoms with E-state index >= 15 is 0 Å². The lowest BCUT2D eigenvalue weighted by Gasteiger charge is -2.08. The van der Waals surface area contributed by atoms with E-state index in [2.05, 4.69) is 10.6 Å². The molecular formula is C15H19N3O2. The van der Waals surface area contributed by atoms with Crippen molar-refractivity contribution in [3.05, 3.63) is 29.8 Å². The number of hydrogen-bond donors (Lipinski definition) is 2. The van der Waals surface area contributed by atoms with Crippen LogP contribution in [0.1, 0.15) is 24.8 Å². The number of carbonyl (C=O) groups is 1. The summed E-state index contributed by atoms with van der Waals surface area (Å²) in [6.07, 6.45) is 3.41. The average molecular weight is 273 g/mol. The molecule has 1 fully saturated rings. The van der Waals surface area contributed by atoms with Crippen molar-refractivity contribution in [2.24, 2.45) is 5.92 Å². The van der Waals surface area contributed by atoms with E-state index in [-0.39, 0.29) is 6.03 Å². The Balaban J connectivity index is 1.55. The van der Waals surface area contributed by atoms with Crippen molar-refractivity contribution in [1.29, 1.82) is 5.26 Å². The summed E-state index contributed by atoms with van der Waals surface area (Å²) < 4.78 is 5.48. The Bertz CT molecular complexity index is 475. The summed E-state index contributed by atoms with van der Waals surface area (Å²) in [5.41, 5.74) is 1.25. The fourth-order valence-electron chi connectivity index (χ4n) is 1.71. The van der Waals surface area contributed by atoms with Crippen LogP contribution in [0.5, 0.6) is 0 Å². The van der Waals surface area contributed by atoms with Crippen molar-refractivity contribution in [3.63, 3.8) is 0 Å². The van der Waals surface area contributed by atoms with Gasteiger partial charge in [-0.3, -0.25) is 0 Å². The summed E-state index contributed by atoms with van der Waals surface area (Å²) in [6, 6.07) is 8.54. The van der Waals surface area contributed by atoms with Crippen LogP contribution in [0, 0.1) is 17.2 Å². The van der Waals surface area contributed by atoms with Gasteiger partial charge >= 0.3 is 6.03 Å². The number of hydrogen-bond acceptors (Lipinski definition) is 3. The molecule has 0 atom stereocenters. The van der Waals surface area contributed by atoms with Crippen LogP contribution in [0.4, 0.5) is 10.5 Å². The van der Waals surface area contributed by atoms with Gasteiger partial charge in [-0.25, -0.2) is 4.79 Å². The number of carbonyl (C=O) groups excluding carboxylic acids is 1. The molecule has 106 valence electrons. The van der Waals surface area contributed by atoms with Gasteiger partial charge in [0, 0.05) is 25.4 Å². The molecule has 0 aliphatic heterocycles. The molecule has 0 saturated heterocycles. The quantitative estimate of drug-likeness (QED) is 0.749. The van der Waals surface area contributed by atoms with Gasteiger partial charge in [0.15, 0.2) is 0 Å². The van der Waals surface area contributed by atoms with Crippen molar-refractivity contribution in [2.45, 2.75) is 19.3 Å². The van der Waals surface area contributed by atoms with E-state index in [9.17, 15) is 4.79 Å². The molecule has 0 heterocycles. The van der Waals surface area contributed by atoms with Crippen LogP contribution in [0.3, 0.4) is 0 Å². The van der Waals surface area contributed by atoms with Gasteiger partial charge < -0.3 is 15.4 Å². The number of rotatable bonds is 7. The molecule has 0 aromatic heterocycles. The largest absolute Gasteiger partial charge is 0.381 e. The van der Waals surface area contributed by atoms with Gasteiger partial charge in [0.25, 0.3) is 0 Å². The predicted molar refractivity (Wildman–Crippen MR) is 76.3 cm³/mol. The summed E-state index contributed by atoms with van der Waals surface area (Å²) in [5.74, 6) is 0.780. The molecule has 1 aromatic carbocycles. The Labute approximate surface area is 118 Å². The first-order valence-corrected chi connectivity index (χ1v) is 6.90. The van der Waals surface area contributed by atoms with E-state index in [4.69, 9.17) is 10.00 Å². The van der Waals surface area contributed by atoms with Crippen LogP contribution in [0.2, 0.25) is 0 Å². The van der Waals surface area contributed by atoms with Crippen LogP contribution in [-0.2, 0) is 4.74 Å². The maximum absolute atomic E-state index is 11.6. The van der Waals surface area contributed by atoms with Gasteiger partial charge in [0.2, 0.25) is 0 Å². The molecular weight excluding hydrogens is 254 g/mol. The second kappa shape index (κ2) is 7.51. The highest BCUT2D eigenvalue weighted by atomic mass is 16.5. The number of amides is 2. The lowest BCUT2D eigenvalue weighted by Crippen LogP contribution is -2.30. The molecule has 0 radical (unpaired) electrons. The first-order valence-electron chi connectivity index (χ1n) is 6.90. The maximum atomic E-state index is 11.6. The molecule has 0 unspecified atom stereocenters. The molecule has 20 heavy (non-hydrogen) atoms. The van der Waals surface area contributed by atoms with Gasteiger partial charge in [-0.15, -0.1) is 0 Å². The molecule has 1 aromatic rings. The number of nitriles is 1. The Kier molecular flexibility index (Phi) is 5.39. The summed E-state index contributed by atoms with van der Waals surface area (Å²) in [6.45, 7) is 2.14. The summed E-state index contributed by atoms with van der Waals surface area (Å²) >= 11 is 0. The molecule has 2 rings (SSSR count). The standard InChI is InChI=1S/C15H19N3O2/c16-10-12-4-6-14(7-5-12)18-15(19)17-8-1-9-20-11-13-2-3-13/h4-7,13H,1-3,8-9,11H2,(H2,17,18,19). The maximum Gasteiger partial charge on any atom is 0.319 e. The van der Waals surface area contributed by atoms with Crippen LogP contribution in [0.25, 0.3) is 0 Å². The smallest absolute Gasteiger partial charge is 0.319 e. The fraction of sp³-hybridized carbons (Fsp3) is 0.467. The SMILES string of the molecule is N#Cc1ccc(NC(=O)NCCCOCC2CC2)cc1. The third kappa shape index (κ3) is 5.29. The molecule has 0 bridgehead atoms. The van der Waals surface area contributed by atoms with Crippen LogP contribution < -0.4 is 10.6 Å². The fourth-order valence-corrected chi connectivity index (χ4v) is 1.71. The Morgan fingerprint density at radius 2 is 2.10 bits per heavy atom. The van der Waals surface area contributed by atoms with Gasteiger partial charge in [-0.2, -0.15) is 5.26 Å². The third-order valence-corrected chi connectivity index (χ3v) is 3.07.